The van der Waals surface area contributed by atoms with Crippen LogP contribution in [0.2, 0.25) is 0 Å². The minimum atomic E-state index is -0.602. The number of aliphatic hydroxyl groups excluding tert-OH is 1. The van der Waals surface area contributed by atoms with Crippen molar-refractivity contribution in [3.05, 3.63) is 66.6 Å². The molecule has 0 aliphatic carbocycles. The van der Waals surface area contributed by atoms with E-state index in [4.69, 9.17) is 0 Å². The van der Waals surface area contributed by atoms with Gasteiger partial charge in [-0.3, -0.25) is 9.88 Å². The Balaban J connectivity index is 1.61. The lowest BCUT2D eigenvalue weighted by atomic mass is 10.1. The fraction of sp³-hybridized carbons (Fsp3) is 0.143. The van der Waals surface area contributed by atoms with Crippen LogP contribution in [-0.2, 0) is 0 Å². The number of pyridine rings is 1. The van der Waals surface area contributed by atoms with Crippen LogP contribution in [0.3, 0.4) is 0 Å². The third kappa shape index (κ3) is 3.83. The van der Waals surface area contributed by atoms with E-state index < -0.39 is 11.8 Å². The van der Waals surface area contributed by atoms with Crippen LogP contribution >= 0.6 is 0 Å². The molecule has 2 amide bonds. The topological polar surface area (TPSA) is 107 Å². The van der Waals surface area contributed by atoms with Gasteiger partial charge in [0.1, 0.15) is 17.8 Å². The number of rotatable bonds is 5. The molecule has 0 spiro atoms. The number of benzene rings is 1. The number of amides is 2. The summed E-state index contributed by atoms with van der Waals surface area (Å²) in [6, 6.07) is 9.17. The fourth-order valence-electron chi connectivity index (χ4n) is 3.21. The summed E-state index contributed by atoms with van der Waals surface area (Å²) >= 11 is 0. The number of fused-ring (bicyclic) bond motifs is 1. The number of carbonyl (C=O) groups excluding carboxylic acids is 1. The van der Waals surface area contributed by atoms with Crippen LogP contribution in [0.4, 0.5) is 20.6 Å². The van der Waals surface area contributed by atoms with Crippen molar-refractivity contribution >= 4 is 28.4 Å². The summed E-state index contributed by atoms with van der Waals surface area (Å²) in [6.45, 7) is 1.71. The van der Waals surface area contributed by atoms with Crippen LogP contribution in [0.1, 0.15) is 5.69 Å². The van der Waals surface area contributed by atoms with Gasteiger partial charge in [0.2, 0.25) is 0 Å². The number of carbonyl (C=O) groups is 1. The lowest BCUT2D eigenvalue weighted by Gasteiger charge is -2.22. The molecule has 4 aromatic rings. The van der Waals surface area contributed by atoms with Crippen LogP contribution < -0.4 is 10.2 Å². The number of anilines is 2. The maximum Gasteiger partial charge on any atom is 0.326 e. The van der Waals surface area contributed by atoms with Gasteiger partial charge < -0.3 is 15.4 Å². The molecule has 3 heterocycles. The summed E-state index contributed by atoms with van der Waals surface area (Å²) in [4.78, 5) is 29.5. The highest BCUT2D eigenvalue weighted by molar-refractivity contribution is 6.02. The summed E-state index contributed by atoms with van der Waals surface area (Å²) < 4.78 is 14.8. The van der Waals surface area contributed by atoms with E-state index in [1.807, 2.05) is 13.0 Å². The second-order valence-corrected chi connectivity index (χ2v) is 6.65. The second kappa shape index (κ2) is 8.26. The zero-order valence-corrected chi connectivity index (χ0v) is 16.1. The van der Waals surface area contributed by atoms with Crippen molar-refractivity contribution < 1.29 is 14.3 Å². The zero-order chi connectivity index (χ0) is 21.1. The number of H-pyrrole nitrogens is 1. The van der Waals surface area contributed by atoms with Crippen LogP contribution in [0.15, 0.2) is 55.1 Å². The molecule has 152 valence electrons. The molecule has 0 atom stereocenters. The summed E-state index contributed by atoms with van der Waals surface area (Å²) in [6.07, 6.45) is 4.49. The number of aromatic nitrogens is 4. The number of nitrogens with one attached hydrogen (secondary N) is 2. The zero-order valence-electron chi connectivity index (χ0n) is 16.1. The van der Waals surface area contributed by atoms with Gasteiger partial charge in [0.25, 0.3) is 0 Å². The van der Waals surface area contributed by atoms with Gasteiger partial charge in [0, 0.05) is 22.8 Å². The molecule has 30 heavy (non-hydrogen) atoms. The Morgan fingerprint density at radius 2 is 2.13 bits per heavy atom. The molecule has 0 aliphatic rings. The number of urea groups is 1. The predicted molar refractivity (Wildman–Crippen MR) is 112 cm³/mol. The Bertz CT molecular complexity index is 1190. The first-order valence-electron chi connectivity index (χ1n) is 9.26. The third-order valence-electron chi connectivity index (χ3n) is 4.57. The maximum absolute atomic E-state index is 14.8. The summed E-state index contributed by atoms with van der Waals surface area (Å²) in [5.74, 6) is -0.602. The number of aromatic amines is 1. The minimum absolute atomic E-state index is 0.0196. The van der Waals surface area contributed by atoms with E-state index in [0.717, 1.165) is 11.1 Å². The number of halogens is 1. The molecule has 1 aromatic carbocycles. The van der Waals surface area contributed by atoms with Crippen molar-refractivity contribution in [2.45, 2.75) is 6.92 Å². The van der Waals surface area contributed by atoms with Gasteiger partial charge in [-0.05, 0) is 37.3 Å². The smallest absolute Gasteiger partial charge is 0.326 e. The lowest BCUT2D eigenvalue weighted by molar-refractivity contribution is 0.252. The lowest BCUT2D eigenvalue weighted by Crippen LogP contribution is -2.37. The Labute approximate surface area is 171 Å². The van der Waals surface area contributed by atoms with E-state index >= 15 is 0 Å². The molecule has 3 aromatic heterocycles. The monoisotopic (exact) mass is 406 g/mol. The van der Waals surface area contributed by atoms with Crippen molar-refractivity contribution in [3.63, 3.8) is 0 Å². The van der Waals surface area contributed by atoms with Gasteiger partial charge in [0.15, 0.2) is 0 Å². The van der Waals surface area contributed by atoms with E-state index in [1.54, 1.807) is 24.4 Å². The van der Waals surface area contributed by atoms with Gasteiger partial charge in [-0.2, -0.15) is 0 Å². The SMILES string of the molecule is Cc1cc2c(-c3ccc(NC(=O)N(CCO)c4cccnc4)c(F)c3)ncnc2[nH]1. The Morgan fingerprint density at radius 3 is 2.87 bits per heavy atom. The first-order chi connectivity index (χ1) is 14.6. The molecule has 3 N–H and O–H groups in total. The molecule has 0 fully saturated rings. The molecule has 8 nitrogen and oxygen atoms in total. The summed E-state index contributed by atoms with van der Waals surface area (Å²) in [5.41, 5.74) is 3.27. The molecule has 0 unspecified atom stereocenters. The molecule has 0 saturated heterocycles. The van der Waals surface area contributed by atoms with Crippen molar-refractivity contribution in [2.75, 3.05) is 23.4 Å². The van der Waals surface area contributed by atoms with E-state index in [9.17, 15) is 14.3 Å². The number of aliphatic hydroxyl groups is 1. The predicted octanol–water partition coefficient (Wildman–Crippen LogP) is 3.50. The number of aryl methyl sites for hydroxylation is 1. The van der Waals surface area contributed by atoms with Crippen LogP contribution in [0.25, 0.3) is 22.3 Å². The second-order valence-electron chi connectivity index (χ2n) is 6.65. The molecule has 0 saturated carbocycles. The van der Waals surface area contributed by atoms with Gasteiger partial charge in [-0.15, -0.1) is 0 Å². The fourth-order valence-corrected chi connectivity index (χ4v) is 3.21. The third-order valence-corrected chi connectivity index (χ3v) is 4.57. The van der Waals surface area contributed by atoms with Crippen LogP contribution in [0.5, 0.6) is 0 Å². The number of hydrogen-bond acceptors (Lipinski definition) is 5. The molecule has 0 aliphatic heterocycles. The first kappa shape index (κ1) is 19.5. The average molecular weight is 406 g/mol. The summed E-state index contributed by atoms with van der Waals surface area (Å²) in [5, 5.41) is 12.6. The van der Waals surface area contributed by atoms with Crippen molar-refractivity contribution in [1.29, 1.82) is 0 Å². The van der Waals surface area contributed by atoms with Crippen LogP contribution in [0, 0.1) is 12.7 Å². The highest BCUT2D eigenvalue weighted by Gasteiger charge is 2.18. The van der Waals surface area contributed by atoms with E-state index in [2.05, 4.69) is 25.3 Å². The van der Waals surface area contributed by atoms with Crippen molar-refractivity contribution in [1.82, 2.24) is 19.9 Å². The number of nitrogens with zero attached hydrogens (tertiary/aromatic N) is 4. The first-order valence-corrected chi connectivity index (χ1v) is 9.26. The van der Waals surface area contributed by atoms with Gasteiger partial charge in [-0.1, -0.05) is 6.07 Å². The highest BCUT2D eigenvalue weighted by atomic mass is 19.1. The van der Waals surface area contributed by atoms with E-state index in [0.29, 0.717) is 22.6 Å². The minimum Gasteiger partial charge on any atom is -0.395 e. The quantitative estimate of drug-likeness (QED) is 0.470. The van der Waals surface area contributed by atoms with Gasteiger partial charge >= 0.3 is 6.03 Å². The maximum atomic E-state index is 14.8. The van der Waals surface area contributed by atoms with E-state index in [-0.39, 0.29) is 18.8 Å². The molecule has 4 rings (SSSR count). The largest absolute Gasteiger partial charge is 0.395 e. The van der Waals surface area contributed by atoms with Crippen molar-refractivity contribution in [2.24, 2.45) is 0 Å². The normalized spacial score (nSPS) is 10.9. The molecular weight excluding hydrogens is 387 g/mol. The average Bonchev–Trinajstić information content (AvgIpc) is 3.14. The van der Waals surface area contributed by atoms with E-state index in [1.165, 1.54) is 29.6 Å². The Kier molecular flexibility index (Phi) is 5.36. The summed E-state index contributed by atoms with van der Waals surface area (Å²) in [7, 11) is 0. The van der Waals surface area contributed by atoms with Crippen molar-refractivity contribution in [3.8, 4) is 11.3 Å². The number of hydrogen-bond donors (Lipinski definition) is 3. The van der Waals surface area contributed by atoms with Gasteiger partial charge in [-0.25, -0.2) is 19.2 Å². The Hall–Kier alpha value is -3.85. The molecule has 9 heteroatoms. The highest BCUT2D eigenvalue weighted by Crippen LogP contribution is 2.28. The molecular formula is C21H19FN6O2. The standard InChI is InChI=1S/C21H19FN6O2/c1-13-9-16-19(24-12-25-20(16)26-13)14-4-5-18(17(22)10-14)27-21(30)28(7-8-29)15-3-2-6-23-11-15/h2-6,9-12,29H,7-8H2,1H3,(H,27,30)(H,24,25,26). The Morgan fingerprint density at radius 1 is 1.27 bits per heavy atom. The van der Waals surface area contributed by atoms with Gasteiger partial charge in [0.05, 0.1) is 36.4 Å². The molecule has 0 radical (unpaired) electrons. The molecule has 0 bridgehead atoms. The van der Waals surface area contributed by atoms with Crippen LogP contribution in [-0.4, -0.2) is 44.2 Å².